The van der Waals surface area contributed by atoms with E-state index in [0.29, 0.717) is 6.61 Å². The summed E-state index contributed by atoms with van der Waals surface area (Å²) in [6, 6.07) is 1.69. The predicted molar refractivity (Wildman–Crippen MR) is 105 cm³/mol. The second-order valence-corrected chi connectivity index (χ2v) is 5.85. The van der Waals surface area contributed by atoms with Gasteiger partial charge >= 0.3 is 11.9 Å². The van der Waals surface area contributed by atoms with Crippen molar-refractivity contribution in [3.05, 3.63) is 37.0 Å². The molecule has 0 aliphatic heterocycles. The normalized spacial score (nSPS) is 9.69. The van der Waals surface area contributed by atoms with Crippen LogP contribution in [0.25, 0.3) is 0 Å². The van der Waals surface area contributed by atoms with Crippen LogP contribution in [0.15, 0.2) is 37.0 Å². The first-order valence-electron chi connectivity index (χ1n) is 9.27. The molecule has 0 amide bonds. The Morgan fingerprint density at radius 1 is 1.00 bits per heavy atom. The van der Waals surface area contributed by atoms with Gasteiger partial charge in [-0.2, -0.15) is 5.26 Å². The number of nitriles is 1. The molecule has 0 aromatic heterocycles. The molecule has 0 aromatic rings. The van der Waals surface area contributed by atoms with Gasteiger partial charge in [-0.15, -0.1) is 0 Å². The molecule has 0 spiro atoms. The summed E-state index contributed by atoms with van der Waals surface area (Å²) in [6.07, 6.45) is 15.5. The second-order valence-electron chi connectivity index (χ2n) is 5.85. The summed E-state index contributed by atoms with van der Waals surface area (Å²) >= 11 is 0. The molecule has 0 bridgehead atoms. The van der Waals surface area contributed by atoms with Gasteiger partial charge in [0.25, 0.3) is 0 Å². The van der Waals surface area contributed by atoms with Gasteiger partial charge in [0.15, 0.2) is 0 Å². The van der Waals surface area contributed by atoms with E-state index in [9.17, 15) is 9.59 Å². The number of ether oxygens (including phenoxy) is 1. The molecule has 0 atom stereocenters. The number of carboxylic acids is 1. The average Bonchev–Trinajstić information content (AvgIpc) is 2.64. The average molecular weight is 363 g/mol. The SMILES string of the molecule is C=C(C=CC(=O)O)C(=O)OCCCCCCCCCCCC.C=CC#N. The predicted octanol–water partition coefficient (Wildman–Crippen LogP) is 5.34. The van der Waals surface area contributed by atoms with Crippen molar-refractivity contribution in [3.63, 3.8) is 0 Å². The molecule has 0 aliphatic rings. The summed E-state index contributed by atoms with van der Waals surface area (Å²) in [4.78, 5) is 21.8. The zero-order valence-corrected chi connectivity index (χ0v) is 16.0. The molecule has 0 unspecified atom stereocenters. The third-order valence-corrected chi connectivity index (χ3v) is 3.51. The Morgan fingerprint density at radius 3 is 1.88 bits per heavy atom. The highest BCUT2D eigenvalue weighted by Crippen LogP contribution is 2.10. The van der Waals surface area contributed by atoms with Gasteiger partial charge in [-0.3, -0.25) is 0 Å². The van der Waals surface area contributed by atoms with Gasteiger partial charge in [0, 0.05) is 12.2 Å². The number of rotatable bonds is 14. The van der Waals surface area contributed by atoms with E-state index >= 15 is 0 Å². The summed E-state index contributed by atoms with van der Waals surface area (Å²) < 4.78 is 5.03. The lowest BCUT2D eigenvalue weighted by molar-refractivity contribution is -0.138. The molecule has 0 saturated carbocycles. The van der Waals surface area contributed by atoms with Crippen LogP contribution in [0.1, 0.15) is 71.1 Å². The maximum atomic E-state index is 11.4. The number of hydrogen-bond acceptors (Lipinski definition) is 4. The van der Waals surface area contributed by atoms with E-state index in [4.69, 9.17) is 15.1 Å². The third kappa shape index (κ3) is 21.6. The molecule has 1 N–H and O–H groups in total. The standard InChI is InChI=1S/C18H30O4.C3H3N/c1-3-4-5-6-7-8-9-10-11-12-15-22-18(21)16(2)13-14-17(19)20;1-2-3-4/h13-14H,2-12,15H2,1H3,(H,19,20);2H,1H2. The number of allylic oxidation sites excluding steroid dienone is 1. The van der Waals surface area contributed by atoms with Crippen LogP contribution in [0, 0.1) is 11.3 Å². The summed E-state index contributed by atoms with van der Waals surface area (Å²) in [5, 5.41) is 15.9. The number of esters is 1. The molecule has 0 saturated heterocycles. The van der Waals surface area contributed by atoms with E-state index in [1.54, 1.807) is 6.07 Å². The zero-order valence-electron chi connectivity index (χ0n) is 16.0. The van der Waals surface area contributed by atoms with E-state index in [0.717, 1.165) is 25.0 Å². The Kier molecular flexibility index (Phi) is 20.6. The van der Waals surface area contributed by atoms with E-state index < -0.39 is 11.9 Å². The Bertz CT molecular complexity index is 475. The highest BCUT2D eigenvalue weighted by atomic mass is 16.5. The monoisotopic (exact) mass is 363 g/mol. The summed E-state index contributed by atoms with van der Waals surface area (Å²) in [6.45, 7) is 9.19. The Morgan fingerprint density at radius 2 is 1.46 bits per heavy atom. The molecule has 0 fully saturated rings. The van der Waals surface area contributed by atoms with Gasteiger partial charge in [-0.05, 0) is 12.5 Å². The van der Waals surface area contributed by atoms with Crippen LogP contribution in [0.3, 0.4) is 0 Å². The first-order valence-corrected chi connectivity index (χ1v) is 9.27. The van der Waals surface area contributed by atoms with Crippen molar-refractivity contribution in [3.8, 4) is 6.07 Å². The number of nitrogens with zero attached hydrogens (tertiary/aromatic N) is 1. The Balaban J connectivity index is 0. The van der Waals surface area contributed by atoms with Gasteiger partial charge < -0.3 is 9.84 Å². The zero-order chi connectivity index (χ0) is 20.0. The molecule has 0 rings (SSSR count). The van der Waals surface area contributed by atoms with E-state index in [1.165, 1.54) is 57.4 Å². The third-order valence-electron chi connectivity index (χ3n) is 3.51. The number of aliphatic carboxylic acids is 1. The van der Waals surface area contributed by atoms with Crippen molar-refractivity contribution >= 4 is 11.9 Å². The van der Waals surface area contributed by atoms with Crippen LogP contribution >= 0.6 is 0 Å². The first kappa shape index (κ1) is 25.9. The molecule has 5 heteroatoms. The number of unbranched alkanes of at least 4 members (excludes halogenated alkanes) is 9. The minimum Gasteiger partial charge on any atom is -0.478 e. The lowest BCUT2D eigenvalue weighted by atomic mass is 10.1. The van der Waals surface area contributed by atoms with Crippen LogP contribution in [0.2, 0.25) is 0 Å². The number of carboxylic acid groups (broad SMARTS) is 1. The molecule has 0 aliphatic carbocycles. The fourth-order valence-corrected chi connectivity index (χ4v) is 2.09. The van der Waals surface area contributed by atoms with E-state index in [-0.39, 0.29) is 5.57 Å². The maximum Gasteiger partial charge on any atom is 0.337 e. The fourth-order valence-electron chi connectivity index (χ4n) is 2.09. The maximum absolute atomic E-state index is 11.4. The highest BCUT2D eigenvalue weighted by molar-refractivity contribution is 5.93. The van der Waals surface area contributed by atoms with Crippen LogP contribution in [-0.4, -0.2) is 23.7 Å². The number of hydrogen-bond donors (Lipinski definition) is 1. The van der Waals surface area contributed by atoms with Crippen LogP contribution in [0.5, 0.6) is 0 Å². The minimum absolute atomic E-state index is 0.0643. The summed E-state index contributed by atoms with van der Waals surface area (Å²) in [5.41, 5.74) is 0.0643. The molecule has 0 radical (unpaired) electrons. The van der Waals surface area contributed by atoms with Crippen molar-refractivity contribution in [1.29, 1.82) is 5.26 Å². The Labute approximate surface area is 158 Å². The molecular formula is C21H33NO4. The molecular weight excluding hydrogens is 330 g/mol. The van der Waals surface area contributed by atoms with Gasteiger partial charge in [0.1, 0.15) is 0 Å². The fraction of sp³-hybridized carbons (Fsp3) is 0.571. The van der Waals surface area contributed by atoms with Gasteiger partial charge in [-0.1, -0.05) is 77.9 Å². The summed E-state index contributed by atoms with van der Waals surface area (Å²) in [7, 11) is 0. The minimum atomic E-state index is -1.11. The lowest BCUT2D eigenvalue weighted by Gasteiger charge is -2.05. The summed E-state index contributed by atoms with van der Waals surface area (Å²) in [5.74, 6) is -1.66. The van der Waals surface area contributed by atoms with E-state index in [2.05, 4.69) is 20.1 Å². The van der Waals surface area contributed by atoms with Crippen molar-refractivity contribution in [1.82, 2.24) is 0 Å². The quantitative estimate of drug-likeness (QED) is 0.148. The van der Waals surface area contributed by atoms with Gasteiger partial charge in [0.05, 0.1) is 18.2 Å². The number of carbonyl (C=O) groups is 2. The molecule has 5 nitrogen and oxygen atoms in total. The van der Waals surface area contributed by atoms with Crippen molar-refractivity contribution < 1.29 is 19.4 Å². The topological polar surface area (TPSA) is 87.4 Å². The first-order chi connectivity index (χ1) is 12.5. The molecule has 0 heterocycles. The van der Waals surface area contributed by atoms with Crippen molar-refractivity contribution in [2.75, 3.05) is 6.61 Å². The molecule has 26 heavy (non-hydrogen) atoms. The van der Waals surface area contributed by atoms with Crippen LogP contribution in [-0.2, 0) is 14.3 Å². The Hall–Kier alpha value is -2.35. The van der Waals surface area contributed by atoms with Crippen LogP contribution in [0.4, 0.5) is 0 Å². The second kappa shape index (κ2) is 20.7. The number of carbonyl (C=O) groups excluding carboxylic acids is 1. The lowest BCUT2D eigenvalue weighted by Crippen LogP contribution is -2.07. The van der Waals surface area contributed by atoms with Crippen molar-refractivity contribution in [2.45, 2.75) is 71.1 Å². The largest absolute Gasteiger partial charge is 0.478 e. The highest BCUT2D eigenvalue weighted by Gasteiger charge is 2.05. The van der Waals surface area contributed by atoms with Crippen LogP contribution < -0.4 is 0 Å². The van der Waals surface area contributed by atoms with Gasteiger partial charge in [0.2, 0.25) is 0 Å². The molecule has 0 aromatic carbocycles. The van der Waals surface area contributed by atoms with Gasteiger partial charge in [-0.25, -0.2) is 9.59 Å². The smallest absolute Gasteiger partial charge is 0.337 e. The van der Waals surface area contributed by atoms with E-state index in [1.807, 2.05) is 0 Å². The molecule has 146 valence electrons. The van der Waals surface area contributed by atoms with Crippen molar-refractivity contribution in [2.24, 2.45) is 0 Å².